The van der Waals surface area contributed by atoms with Crippen molar-refractivity contribution in [1.82, 2.24) is 23.1 Å². The minimum Gasteiger partial charge on any atom is -0.283 e. The van der Waals surface area contributed by atoms with Crippen molar-refractivity contribution in [3.8, 4) is 5.69 Å². The van der Waals surface area contributed by atoms with Crippen LogP contribution in [0.2, 0.25) is 0 Å². The van der Waals surface area contributed by atoms with Gasteiger partial charge in [0.05, 0.1) is 12.1 Å². The summed E-state index contributed by atoms with van der Waals surface area (Å²) in [6.07, 6.45) is -2.76. The number of benzene rings is 2. The Morgan fingerprint density at radius 1 is 0.941 bits per heavy atom. The summed E-state index contributed by atoms with van der Waals surface area (Å²) < 4.78 is 44.6. The first kappa shape index (κ1) is 21.7. The minimum absolute atomic E-state index is 0.105. The normalized spacial score (nSPS) is 12.2. The molecule has 3 heterocycles. The summed E-state index contributed by atoms with van der Waals surface area (Å²) in [6, 6.07) is 12.2. The van der Waals surface area contributed by atoms with Gasteiger partial charge in [-0.05, 0) is 43.7 Å². The smallest absolute Gasteiger partial charge is 0.283 e. The zero-order chi connectivity index (χ0) is 24.4. The Bertz CT molecular complexity index is 1670. The number of hydrogen-bond donors (Lipinski definition) is 0. The van der Waals surface area contributed by atoms with E-state index in [1.54, 1.807) is 22.1 Å². The molecule has 3 aromatic heterocycles. The molecular weight excluding hydrogens is 447 g/mol. The maximum absolute atomic E-state index is 13.4. The molecular formula is C24H20F3N5O2. The van der Waals surface area contributed by atoms with E-state index >= 15 is 0 Å². The third kappa shape index (κ3) is 3.33. The fourth-order valence-corrected chi connectivity index (χ4v) is 4.14. The van der Waals surface area contributed by atoms with Crippen molar-refractivity contribution in [3.63, 3.8) is 0 Å². The van der Waals surface area contributed by atoms with Crippen molar-refractivity contribution in [1.29, 1.82) is 0 Å². The van der Waals surface area contributed by atoms with Crippen LogP contribution in [-0.2, 0) is 19.8 Å². The van der Waals surface area contributed by atoms with E-state index in [1.807, 2.05) is 31.2 Å². The van der Waals surface area contributed by atoms with Crippen LogP contribution < -0.4 is 11.2 Å². The van der Waals surface area contributed by atoms with E-state index in [1.165, 1.54) is 23.7 Å². The van der Waals surface area contributed by atoms with Crippen molar-refractivity contribution in [3.05, 3.63) is 98.0 Å². The van der Waals surface area contributed by atoms with E-state index in [0.717, 1.165) is 27.8 Å². The monoisotopic (exact) mass is 467 g/mol. The SMILES string of the molecule is Cc1ccc(Cn2c(=O)c3c(nc4n(-c5ccc(C(F)(F)F)cc5)c(C)cn34)n(C)c2=O)cc1. The summed E-state index contributed by atoms with van der Waals surface area (Å²) in [6.45, 7) is 3.83. The Morgan fingerprint density at radius 3 is 2.21 bits per heavy atom. The molecule has 0 saturated carbocycles. The number of fused-ring (bicyclic) bond motifs is 3. The number of rotatable bonds is 3. The Morgan fingerprint density at radius 2 is 1.59 bits per heavy atom. The van der Waals surface area contributed by atoms with E-state index in [2.05, 4.69) is 4.98 Å². The summed E-state index contributed by atoms with van der Waals surface area (Å²) in [4.78, 5) is 30.9. The molecule has 0 radical (unpaired) electrons. The highest BCUT2D eigenvalue weighted by Gasteiger charge is 2.30. The van der Waals surface area contributed by atoms with Crippen molar-refractivity contribution >= 4 is 16.9 Å². The lowest BCUT2D eigenvalue weighted by molar-refractivity contribution is -0.137. The number of imidazole rings is 2. The third-order valence-corrected chi connectivity index (χ3v) is 5.94. The molecule has 0 aliphatic heterocycles. The molecule has 5 rings (SSSR count). The van der Waals surface area contributed by atoms with E-state index in [9.17, 15) is 22.8 Å². The molecule has 0 aliphatic rings. The fraction of sp³-hybridized carbons (Fsp3) is 0.208. The molecule has 174 valence electrons. The predicted octanol–water partition coefficient (Wildman–Crippen LogP) is 3.82. The predicted molar refractivity (Wildman–Crippen MR) is 122 cm³/mol. The van der Waals surface area contributed by atoms with Crippen molar-refractivity contribution in [2.24, 2.45) is 7.05 Å². The van der Waals surface area contributed by atoms with Gasteiger partial charge in [-0.3, -0.25) is 22.9 Å². The maximum Gasteiger partial charge on any atom is 0.416 e. The lowest BCUT2D eigenvalue weighted by Crippen LogP contribution is -2.39. The molecule has 2 aromatic carbocycles. The van der Waals surface area contributed by atoms with Crippen molar-refractivity contribution < 1.29 is 13.2 Å². The quantitative estimate of drug-likeness (QED) is 0.405. The topological polar surface area (TPSA) is 66.2 Å². The van der Waals surface area contributed by atoms with E-state index in [4.69, 9.17) is 0 Å². The molecule has 0 fully saturated rings. The first-order valence-corrected chi connectivity index (χ1v) is 10.5. The van der Waals surface area contributed by atoms with Crippen LogP contribution in [0.5, 0.6) is 0 Å². The van der Waals surface area contributed by atoms with Gasteiger partial charge in [0, 0.05) is 24.6 Å². The highest BCUT2D eigenvalue weighted by atomic mass is 19.4. The van der Waals surface area contributed by atoms with Crippen LogP contribution >= 0.6 is 0 Å². The fourth-order valence-electron chi connectivity index (χ4n) is 4.14. The molecule has 0 unspecified atom stereocenters. The molecule has 0 amide bonds. The highest BCUT2D eigenvalue weighted by molar-refractivity contribution is 5.76. The molecule has 0 N–H and O–H groups in total. The van der Waals surface area contributed by atoms with Gasteiger partial charge in [0.25, 0.3) is 5.56 Å². The Balaban J connectivity index is 1.71. The molecule has 34 heavy (non-hydrogen) atoms. The molecule has 0 saturated heterocycles. The molecule has 0 bridgehead atoms. The summed E-state index contributed by atoms with van der Waals surface area (Å²) in [5.41, 5.74) is 1.67. The minimum atomic E-state index is -4.44. The average Bonchev–Trinajstić information content (AvgIpc) is 3.30. The Labute approximate surface area is 190 Å². The first-order chi connectivity index (χ1) is 16.1. The molecule has 0 spiro atoms. The van der Waals surface area contributed by atoms with Gasteiger partial charge in [0.1, 0.15) is 0 Å². The molecule has 0 aliphatic carbocycles. The van der Waals surface area contributed by atoms with Crippen LogP contribution in [0.3, 0.4) is 0 Å². The van der Waals surface area contributed by atoms with Crippen LogP contribution in [0.25, 0.3) is 22.6 Å². The summed E-state index contributed by atoms with van der Waals surface area (Å²) in [7, 11) is 1.54. The number of nitrogens with zero attached hydrogens (tertiary/aromatic N) is 5. The summed E-state index contributed by atoms with van der Waals surface area (Å²) >= 11 is 0. The first-order valence-electron chi connectivity index (χ1n) is 10.5. The van der Waals surface area contributed by atoms with Crippen LogP contribution in [0.1, 0.15) is 22.4 Å². The number of hydrogen-bond acceptors (Lipinski definition) is 3. The lowest BCUT2D eigenvalue weighted by atomic mass is 10.1. The standard InChI is InChI=1S/C24H20F3N5O2/c1-14-4-6-16(7-5-14)13-31-21(33)19-20(29(3)23(31)34)28-22-30(19)12-15(2)32(22)18-10-8-17(9-11-18)24(25,26)27/h4-12H,13H2,1-3H3. The van der Waals surface area contributed by atoms with E-state index < -0.39 is 23.0 Å². The highest BCUT2D eigenvalue weighted by Crippen LogP contribution is 2.30. The Hall–Kier alpha value is -4.08. The third-order valence-electron chi connectivity index (χ3n) is 5.94. The molecule has 5 aromatic rings. The van der Waals surface area contributed by atoms with Crippen molar-refractivity contribution in [2.75, 3.05) is 0 Å². The zero-order valence-electron chi connectivity index (χ0n) is 18.6. The van der Waals surface area contributed by atoms with E-state index in [0.29, 0.717) is 17.2 Å². The molecule has 0 atom stereocenters. The Kier molecular flexibility index (Phi) is 4.78. The van der Waals surface area contributed by atoms with Crippen LogP contribution in [0.15, 0.2) is 64.3 Å². The summed E-state index contributed by atoms with van der Waals surface area (Å²) in [5, 5.41) is 0. The van der Waals surface area contributed by atoms with Crippen LogP contribution in [0.4, 0.5) is 13.2 Å². The van der Waals surface area contributed by atoms with Gasteiger partial charge in [-0.1, -0.05) is 29.8 Å². The van der Waals surface area contributed by atoms with Gasteiger partial charge in [0.15, 0.2) is 11.2 Å². The van der Waals surface area contributed by atoms with Gasteiger partial charge in [-0.25, -0.2) is 4.79 Å². The van der Waals surface area contributed by atoms with Gasteiger partial charge in [0.2, 0.25) is 5.78 Å². The zero-order valence-corrected chi connectivity index (χ0v) is 18.6. The second-order valence-corrected chi connectivity index (χ2v) is 8.32. The number of alkyl halides is 3. The van der Waals surface area contributed by atoms with Gasteiger partial charge < -0.3 is 0 Å². The summed E-state index contributed by atoms with van der Waals surface area (Å²) in [5.74, 6) is 0.326. The maximum atomic E-state index is 13.4. The lowest BCUT2D eigenvalue weighted by Gasteiger charge is -2.09. The van der Waals surface area contributed by atoms with Crippen molar-refractivity contribution in [2.45, 2.75) is 26.6 Å². The van der Waals surface area contributed by atoms with E-state index in [-0.39, 0.29) is 17.7 Å². The molecule has 7 nitrogen and oxygen atoms in total. The second-order valence-electron chi connectivity index (χ2n) is 8.32. The van der Waals surface area contributed by atoms with Gasteiger partial charge in [-0.15, -0.1) is 0 Å². The van der Waals surface area contributed by atoms with Crippen LogP contribution in [-0.4, -0.2) is 23.1 Å². The number of halogens is 3. The van der Waals surface area contributed by atoms with Crippen LogP contribution in [0, 0.1) is 13.8 Å². The average molecular weight is 467 g/mol. The van der Waals surface area contributed by atoms with Gasteiger partial charge >= 0.3 is 11.9 Å². The largest absolute Gasteiger partial charge is 0.416 e. The second kappa shape index (κ2) is 7.47. The number of aryl methyl sites for hydroxylation is 3. The molecule has 10 heteroatoms. The number of aromatic nitrogens is 5. The van der Waals surface area contributed by atoms with Gasteiger partial charge in [-0.2, -0.15) is 18.2 Å².